The Hall–Kier alpha value is -0.900. The highest BCUT2D eigenvalue weighted by Gasteiger charge is 2.27. The van der Waals surface area contributed by atoms with Gasteiger partial charge in [0, 0.05) is 0 Å². The highest BCUT2D eigenvalue weighted by atomic mass is 16.6. The van der Waals surface area contributed by atoms with Crippen molar-refractivity contribution in [1.29, 1.82) is 0 Å². The molecule has 76 valence electrons. The molecule has 2 atom stereocenters. The molecule has 0 aliphatic carbocycles. The van der Waals surface area contributed by atoms with Gasteiger partial charge in [0.15, 0.2) is 0 Å². The Morgan fingerprint density at radius 1 is 1.36 bits per heavy atom. The van der Waals surface area contributed by atoms with Gasteiger partial charge in [0.05, 0.1) is 6.61 Å². The first-order chi connectivity index (χ1) is 6.71. The number of ether oxygens (including phenoxy) is 1. The minimum absolute atomic E-state index is 0.0569. The van der Waals surface area contributed by atoms with Crippen molar-refractivity contribution in [2.24, 2.45) is 0 Å². The van der Waals surface area contributed by atoms with E-state index in [9.17, 15) is 5.21 Å². The van der Waals surface area contributed by atoms with Crippen LogP contribution in [0.4, 0.5) is 5.69 Å². The average molecular weight is 193 g/mol. The third-order valence-corrected chi connectivity index (χ3v) is 2.63. The van der Waals surface area contributed by atoms with Crippen LogP contribution in [0.25, 0.3) is 0 Å². The van der Waals surface area contributed by atoms with Gasteiger partial charge < -0.3 is 14.6 Å². The van der Waals surface area contributed by atoms with Crippen molar-refractivity contribution in [1.82, 2.24) is 4.65 Å². The fraction of sp³-hybridized carbons (Fsp3) is 0.455. The number of hydrogen-bond acceptors (Lipinski definition) is 2. The second kappa shape index (κ2) is 3.69. The van der Waals surface area contributed by atoms with Gasteiger partial charge in [-0.2, -0.15) is 0 Å². The van der Waals surface area contributed by atoms with Crippen molar-refractivity contribution in [3.63, 3.8) is 0 Å². The van der Waals surface area contributed by atoms with E-state index in [1.165, 1.54) is 0 Å². The number of quaternary nitrogens is 1. The molecule has 1 aromatic carbocycles. The van der Waals surface area contributed by atoms with E-state index in [4.69, 9.17) is 4.74 Å². The molecule has 1 saturated heterocycles. The Bertz CT molecular complexity index is 301. The quantitative estimate of drug-likeness (QED) is 0.504. The smallest absolute Gasteiger partial charge is 0.132 e. The number of morpholine rings is 1. The number of hydrogen-bond donors (Lipinski definition) is 0. The molecule has 0 radical (unpaired) electrons. The van der Waals surface area contributed by atoms with E-state index in [-0.39, 0.29) is 10.8 Å². The van der Waals surface area contributed by atoms with Crippen LogP contribution < -0.4 is 4.65 Å². The summed E-state index contributed by atoms with van der Waals surface area (Å²) in [6.07, 6.45) is 0.0569. The van der Waals surface area contributed by atoms with E-state index >= 15 is 0 Å². The molecule has 2 unspecified atom stereocenters. The lowest BCUT2D eigenvalue weighted by atomic mass is 10.2. The van der Waals surface area contributed by atoms with Crippen molar-refractivity contribution in [3.05, 3.63) is 35.5 Å². The third-order valence-electron chi connectivity index (χ3n) is 2.63. The van der Waals surface area contributed by atoms with Crippen molar-refractivity contribution in [2.75, 3.05) is 19.7 Å². The van der Waals surface area contributed by atoms with Gasteiger partial charge in [0.25, 0.3) is 0 Å². The molecule has 1 aliphatic heterocycles. The molecule has 0 spiro atoms. The molecule has 1 aromatic rings. The summed E-state index contributed by atoms with van der Waals surface area (Å²) < 4.78 is 5.13. The van der Waals surface area contributed by atoms with Crippen LogP contribution in [0.1, 0.15) is 6.92 Å². The highest BCUT2D eigenvalue weighted by Crippen LogP contribution is 2.24. The summed E-state index contributed by atoms with van der Waals surface area (Å²) >= 11 is 0. The summed E-state index contributed by atoms with van der Waals surface area (Å²) in [4.78, 5) is 0. The average Bonchev–Trinajstić information content (AvgIpc) is 2.19. The zero-order valence-corrected chi connectivity index (χ0v) is 8.35. The minimum atomic E-state index is -0.248. The van der Waals surface area contributed by atoms with E-state index in [2.05, 4.69) is 0 Å². The lowest BCUT2D eigenvalue weighted by Gasteiger charge is -2.46. The topological polar surface area (TPSA) is 32.3 Å². The summed E-state index contributed by atoms with van der Waals surface area (Å²) in [6, 6.07) is 9.54. The Kier molecular flexibility index (Phi) is 2.54. The number of rotatable bonds is 1. The molecule has 2 rings (SSSR count). The molecular weight excluding hydrogens is 178 g/mol. The van der Waals surface area contributed by atoms with Crippen LogP contribution in [0.15, 0.2) is 30.3 Å². The van der Waals surface area contributed by atoms with Gasteiger partial charge in [-0.25, -0.2) is 0 Å². The molecule has 0 N–H and O–H groups in total. The van der Waals surface area contributed by atoms with Gasteiger partial charge in [0.2, 0.25) is 0 Å². The van der Waals surface area contributed by atoms with Crippen LogP contribution >= 0.6 is 0 Å². The summed E-state index contributed by atoms with van der Waals surface area (Å²) in [7, 11) is 0. The van der Waals surface area contributed by atoms with E-state index < -0.39 is 0 Å². The van der Waals surface area contributed by atoms with Gasteiger partial charge in [-0.3, -0.25) is 0 Å². The van der Waals surface area contributed by atoms with Crippen LogP contribution in [0.3, 0.4) is 0 Å². The molecule has 0 amide bonds. The molecule has 3 nitrogen and oxygen atoms in total. The number of para-hydroxylation sites is 1. The minimum Gasteiger partial charge on any atom is -0.627 e. The first-order valence-electron chi connectivity index (χ1n) is 4.96. The summed E-state index contributed by atoms with van der Waals surface area (Å²) in [5, 5.41) is 12.4. The summed E-state index contributed by atoms with van der Waals surface area (Å²) in [6.45, 7) is 3.55. The predicted octanol–water partition coefficient (Wildman–Crippen LogP) is 1.91. The molecule has 0 aromatic heterocycles. The van der Waals surface area contributed by atoms with Crippen molar-refractivity contribution < 1.29 is 4.74 Å². The Morgan fingerprint density at radius 3 is 2.71 bits per heavy atom. The van der Waals surface area contributed by atoms with Gasteiger partial charge in [-0.15, -0.1) is 0 Å². The number of hydroxylamine groups is 2. The monoisotopic (exact) mass is 193 g/mol. The van der Waals surface area contributed by atoms with Crippen LogP contribution in [0, 0.1) is 5.21 Å². The van der Waals surface area contributed by atoms with Crippen molar-refractivity contribution >= 4 is 5.69 Å². The molecule has 1 heterocycles. The largest absolute Gasteiger partial charge is 0.627 e. The standard InChI is InChI=1S/C11H15NO2/c1-10-9-12(13,7-8-14-10)11-5-3-2-4-6-11/h2-6,10H,7-9H2,1H3. The predicted molar refractivity (Wildman–Crippen MR) is 56.8 cm³/mol. The SMILES string of the molecule is CC1C[N+]([O-])(c2ccccc2)CCO1. The maximum atomic E-state index is 12.4. The Morgan fingerprint density at radius 2 is 2.07 bits per heavy atom. The lowest BCUT2D eigenvalue weighted by Crippen LogP contribution is -2.54. The van der Waals surface area contributed by atoms with Crippen LogP contribution in [0.2, 0.25) is 0 Å². The molecular formula is C11H15NO2. The zero-order chi connectivity index (χ0) is 10.0. The Balaban J connectivity index is 2.23. The molecule has 14 heavy (non-hydrogen) atoms. The second-order valence-electron chi connectivity index (χ2n) is 3.81. The van der Waals surface area contributed by atoms with E-state index in [0.717, 1.165) is 5.69 Å². The van der Waals surface area contributed by atoms with Crippen molar-refractivity contribution in [2.45, 2.75) is 13.0 Å². The summed E-state index contributed by atoms with van der Waals surface area (Å²) in [5.74, 6) is 0. The van der Waals surface area contributed by atoms with Gasteiger partial charge >= 0.3 is 0 Å². The first-order valence-corrected chi connectivity index (χ1v) is 4.96. The Labute approximate surface area is 84.1 Å². The lowest BCUT2D eigenvalue weighted by molar-refractivity contribution is 0.00100. The number of benzene rings is 1. The van der Waals surface area contributed by atoms with Gasteiger partial charge in [-0.1, -0.05) is 18.2 Å². The van der Waals surface area contributed by atoms with E-state index in [1.807, 2.05) is 37.3 Å². The zero-order valence-electron chi connectivity index (χ0n) is 8.35. The second-order valence-corrected chi connectivity index (χ2v) is 3.81. The third kappa shape index (κ3) is 1.80. The van der Waals surface area contributed by atoms with E-state index in [0.29, 0.717) is 19.7 Å². The first kappa shape index (κ1) is 9.65. The molecule has 3 heteroatoms. The van der Waals surface area contributed by atoms with Crippen LogP contribution in [-0.4, -0.2) is 25.8 Å². The highest BCUT2D eigenvalue weighted by molar-refractivity contribution is 5.43. The van der Waals surface area contributed by atoms with Crippen LogP contribution in [-0.2, 0) is 4.74 Å². The molecule has 1 fully saturated rings. The fourth-order valence-electron chi connectivity index (χ4n) is 1.89. The maximum Gasteiger partial charge on any atom is 0.132 e. The van der Waals surface area contributed by atoms with E-state index in [1.54, 1.807) is 0 Å². The normalized spacial score (nSPS) is 32.9. The van der Waals surface area contributed by atoms with Gasteiger partial charge in [-0.05, 0) is 19.1 Å². The van der Waals surface area contributed by atoms with Crippen molar-refractivity contribution in [3.8, 4) is 0 Å². The summed E-state index contributed by atoms with van der Waals surface area (Å²) in [5.41, 5.74) is 0.836. The van der Waals surface area contributed by atoms with Crippen LogP contribution in [0.5, 0.6) is 0 Å². The molecule has 0 saturated carbocycles. The molecule has 0 bridgehead atoms. The fourth-order valence-corrected chi connectivity index (χ4v) is 1.89. The molecule has 1 aliphatic rings. The number of nitrogens with zero attached hydrogens (tertiary/aromatic N) is 1. The van der Waals surface area contributed by atoms with Gasteiger partial charge in [0.1, 0.15) is 24.9 Å². The maximum absolute atomic E-state index is 12.4.